The van der Waals surface area contributed by atoms with Crippen molar-refractivity contribution in [3.63, 3.8) is 0 Å². The zero-order valence-corrected chi connectivity index (χ0v) is 4.19. The summed E-state index contributed by atoms with van der Waals surface area (Å²) < 4.78 is 21.5. The minimum Gasteiger partial charge on any atom is -0.163 e. The van der Waals surface area contributed by atoms with Crippen molar-refractivity contribution in [2.45, 2.75) is 0 Å². The maximum absolute atomic E-state index is 10.7. The molecule has 0 aliphatic rings. The van der Waals surface area contributed by atoms with Gasteiger partial charge in [-0.25, -0.2) is 0 Å². The number of hydrogen-bond donors (Lipinski definition) is 0. The van der Waals surface area contributed by atoms with Gasteiger partial charge < -0.3 is 0 Å². The van der Waals surface area contributed by atoms with E-state index in [2.05, 4.69) is 6.58 Å². The monoisotopic (exact) mass is 124 g/mol. The SMILES string of the molecule is C=C=C=C(F)F.Cl. The second-order valence-electron chi connectivity index (χ2n) is 0.562. The van der Waals surface area contributed by atoms with E-state index in [-0.39, 0.29) is 12.4 Å². The van der Waals surface area contributed by atoms with Crippen LogP contribution in [0.25, 0.3) is 0 Å². The Morgan fingerprint density at radius 1 is 1.43 bits per heavy atom. The van der Waals surface area contributed by atoms with Gasteiger partial charge >= 0.3 is 6.08 Å². The fourth-order valence-corrected chi connectivity index (χ4v) is 0.0668. The molecule has 0 fully saturated rings. The van der Waals surface area contributed by atoms with E-state index >= 15 is 0 Å². The first kappa shape index (κ1) is 9.67. The van der Waals surface area contributed by atoms with Crippen LogP contribution in [0.2, 0.25) is 0 Å². The Morgan fingerprint density at radius 2 is 1.86 bits per heavy atom. The molecular formula is C4H3ClF2. The third-order valence-corrected chi connectivity index (χ3v) is 0.183. The Labute approximate surface area is 46.2 Å². The maximum Gasteiger partial charge on any atom is 0.321 e. The molecule has 0 amide bonds. The highest BCUT2D eigenvalue weighted by molar-refractivity contribution is 5.85. The van der Waals surface area contributed by atoms with Crippen LogP contribution in [0.3, 0.4) is 0 Å². The van der Waals surface area contributed by atoms with Crippen LogP contribution in [0, 0.1) is 0 Å². The van der Waals surface area contributed by atoms with E-state index in [1.54, 1.807) is 5.73 Å². The fourth-order valence-electron chi connectivity index (χ4n) is 0.0668. The largest absolute Gasteiger partial charge is 0.321 e. The molecule has 0 nitrogen and oxygen atoms in total. The van der Waals surface area contributed by atoms with Crippen molar-refractivity contribution in [2.75, 3.05) is 0 Å². The van der Waals surface area contributed by atoms with Gasteiger partial charge in [-0.05, 0) is 12.3 Å². The van der Waals surface area contributed by atoms with E-state index in [0.717, 1.165) is 0 Å². The van der Waals surface area contributed by atoms with Crippen molar-refractivity contribution in [3.05, 3.63) is 24.1 Å². The molecule has 0 aliphatic heterocycles. The Morgan fingerprint density at radius 3 is 1.86 bits per heavy atom. The molecule has 0 unspecified atom stereocenters. The molecule has 0 saturated carbocycles. The summed E-state index contributed by atoms with van der Waals surface area (Å²) in [6.07, 6.45) is -1.88. The molecule has 0 bridgehead atoms. The predicted octanol–water partition coefficient (Wildman–Crippen LogP) is 2.13. The lowest BCUT2D eigenvalue weighted by atomic mass is 10.8. The highest BCUT2D eigenvalue weighted by atomic mass is 35.5. The van der Waals surface area contributed by atoms with E-state index < -0.39 is 6.08 Å². The number of rotatable bonds is 0. The van der Waals surface area contributed by atoms with Crippen molar-refractivity contribution in [1.29, 1.82) is 0 Å². The molecule has 3 heteroatoms. The Bertz CT molecular complexity index is 114. The molecule has 0 N–H and O–H groups in total. The summed E-state index contributed by atoms with van der Waals surface area (Å²) in [4.78, 5) is 0. The normalized spacial score (nSPS) is 4.86. The molecule has 0 aliphatic carbocycles. The Balaban J connectivity index is 0. The third kappa shape index (κ3) is 10.8. The van der Waals surface area contributed by atoms with Gasteiger partial charge in [-0.15, -0.1) is 12.4 Å². The smallest absolute Gasteiger partial charge is 0.163 e. The van der Waals surface area contributed by atoms with Gasteiger partial charge in [-0.2, -0.15) is 8.78 Å². The number of halogens is 3. The summed E-state index contributed by atoms with van der Waals surface area (Å²) in [5.41, 5.74) is 3.21. The van der Waals surface area contributed by atoms with Crippen LogP contribution < -0.4 is 0 Å². The molecule has 7 heavy (non-hydrogen) atoms. The molecular weight excluding hydrogens is 121 g/mol. The summed E-state index contributed by atoms with van der Waals surface area (Å²) in [5, 5.41) is 0. The van der Waals surface area contributed by atoms with Crippen LogP contribution in [0.5, 0.6) is 0 Å². The molecule has 0 saturated heterocycles. The van der Waals surface area contributed by atoms with Gasteiger partial charge in [0.05, 0.1) is 0 Å². The van der Waals surface area contributed by atoms with Crippen molar-refractivity contribution in [2.24, 2.45) is 0 Å². The van der Waals surface area contributed by atoms with Crippen molar-refractivity contribution >= 4 is 12.4 Å². The van der Waals surface area contributed by atoms with Gasteiger partial charge in [0.1, 0.15) is 0 Å². The number of hydrogen-bond acceptors (Lipinski definition) is 0. The first-order chi connectivity index (χ1) is 2.77. The molecule has 40 valence electrons. The van der Waals surface area contributed by atoms with Gasteiger partial charge in [0.25, 0.3) is 0 Å². The lowest BCUT2D eigenvalue weighted by molar-refractivity contribution is 0.424. The first-order valence-corrected chi connectivity index (χ1v) is 1.23. The van der Waals surface area contributed by atoms with Gasteiger partial charge in [-0.1, -0.05) is 5.73 Å². The standard InChI is InChI=1S/C4H2F2.ClH/c1-2-3-4(5)6;/h1H2;1H. The van der Waals surface area contributed by atoms with E-state index in [9.17, 15) is 8.78 Å². The van der Waals surface area contributed by atoms with Gasteiger partial charge in [0, 0.05) is 0 Å². The average Bonchev–Trinajstić information content (AvgIpc) is 1.35. The Kier molecular flexibility index (Phi) is 7.53. The summed E-state index contributed by atoms with van der Waals surface area (Å²) in [6.45, 7) is 2.86. The van der Waals surface area contributed by atoms with Crippen LogP contribution in [0.4, 0.5) is 8.78 Å². The molecule has 0 aromatic rings. The van der Waals surface area contributed by atoms with Crippen molar-refractivity contribution in [1.82, 2.24) is 0 Å². The minimum atomic E-state index is -1.88. The quantitative estimate of drug-likeness (QED) is 0.434. The average molecular weight is 125 g/mol. The van der Waals surface area contributed by atoms with Crippen LogP contribution in [0.1, 0.15) is 0 Å². The Hall–Kier alpha value is -0.550. The van der Waals surface area contributed by atoms with Crippen LogP contribution in [-0.4, -0.2) is 0 Å². The summed E-state index contributed by atoms with van der Waals surface area (Å²) in [5.74, 6) is 0. The minimum absolute atomic E-state index is 0. The van der Waals surface area contributed by atoms with E-state index in [1.165, 1.54) is 5.73 Å². The molecule has 0 aromatic heterocycles. The third-order valence-electron chi connectivity index (χ3n) is 0.183. The zero-order valence-electron chi connectivity index (χ0n) is 3.37. The molecule has 0 atom stereocenters. The highest BCUT2D eigenvalue weighted by Gasteiger charge is 1.73. The van der Waals surface area contributed by atoms with Gasteiger partial charge in [0.15, 0.2) is 0 Å². The van der Waals surface area contributed by atoms with E-state index in [0.29, 0.717) is 0 Å². The predicted molar refractivity (Wildman–Crippen MR) is 25.6 cm³/mol. The van der Waals surface area contributed by atoms with E-state index in [1.807, 2.05) is 0 Å². The summed E-state index contributed by atoms with van der Waals surface area (Å²) in [7, 11) is 0. The molecule has 0 heterocycles. The second kappa shape index (κ2) is 5.45. The fraction of sp³-hybridized carbons (Fsp3) is 0. The van der Waals surface area contributed by atoms with Gasteiger partial charge in [-0.3, -0.25) is 0 Å². The molecule has 0 radical (unpaired) electrons. The molecule has 0 rings (SSSR count). The van der Waals surface area contributed by atoms with E-state index in [4.69, 9.17) is 0 Å². The molecule has 0 aromatic carbocycles. The zero-order chi connectivity index (χ0) is 4.99. The first-order valence-electron chi connectivity index (χ1n) is 1.23. The molecule has 0 spiro atoms. The van der Waals surface area contributed by atoms with Gasteiger partial charge in [0.2, 0.25) is 0 Å². The van der Waals surface area contributed by atoms with Crippen LogP contribution >= 0.6 is 12.4 Å². The maximum atomic E-state index is 10.7. The van der Waals surface area contributed by atoms with Crippen LogP contribution in [-0.2, 0) is 0 Å². The lowest BCUT2D eigenvalue weighted by Crippen LogP contribution is -1.39. The van der Waals surface area contributed by atoms with Crippen molar-refractivity contribution < 1.29 is 8.78 Å². The second-order valence-corrected chi connectivity index (χ2v) is 0.562. The summed E-state index contributed by atoms with van der Waals surface area (Å²) in [6, 6.07) is 0. The lowest BCUT2D eigenvalue weighted by Gasteiger charge is -1.56. The highest BCUT2D eigenvalue weighted by Crippen LogP contribution is 1.89. The summed E-state index contributed by atoms with van der Waals surface area (Å²) >= 11 is 0. The van der Waals surface area contributed by atoms with Crippen LogP contribution in [0.15, 0.2) is 24.1 Å². The topological polar surface area (TPSA) is 0 Å². The van der Waals surface area contributed by atoms with Crippen molar-refractivity contribution in [3.8, 4) is 0 Å².